The average Bonchev–Trinajstić information content (AvgIpc) is 3.02. The maximum absolute atomic E-state index is 12.8. The molecule has 6 heteroatoms. The highest BCUT2D eigenvalue weighted by Crippen LogP contribution is 2.33. The fourth-order valence-electron chi connectivity index (χ4n) is 3.84. The number of ketones is 1. The third-order valence-corrected chi connectivity index (χ3v) is 5.58. The summed E-state index contributed by atoms with van der Waals surface area (Å²) in [5.74, 6) is 0.122. The minimum atomic E-state index is -0.185. The molecule has 2 aromatic rings. The SMILES string of the molecule is CC1CC(=O)c2ccc(C(=O)Nc3cccc(C(C)[N-]C=CNC4=C[N+](C)=C4)c3)cc21. The van der Waals surface area contributed by atoms with Crippen molar-refractivity contribution in [3.63, 3.8) is 0 Å². The molecule has 0 bridgehead atoms. The first kappa shape index (κ1) is 20.6. The predicted octanol–water partition coefficient (Wildman–Crippen LogP) is 4.69. The molecular formula is C25H26N4O2. The molecule has 2 N–H and O–H groups in total. The number of nitrogens with one attached hydrogen (secondary N) is 2. The molecule has 0 radical (unpaired) electrons. The van der Waals surface area contributed by atoms with Crippen molar-refractivity contribution in [1.29, 1.82) is 0 Å². The third kappa shape index (κ3) is 4.58. The van der Waals surface area contributed by atoms with E-state index in [0.29, 0.717) is 17.7 Å². The molecular weight excluding hydrogens is 388 g/mol. The highest BCUT2D eigenvalue weighted by atomic mass is 16.1. The van der Waals surface area contributed by atoms with E-state index < -0.39 is 0 Å². The Morgan fingerprint density at radius 3 is 2.84 bits per heavy atom. The van der Waals surface area contributed by atoms with Crippen LogP contribution in [0.2, 0.25) is 0 Å². The first-order chi connectivity index (χ1) is 14.9. The second kappa shape index (κ2) is 8.60. The number of amides is 1. The quantitative estimate of drug-likeness (QED) is 0.645. The molecule has 1 heterocycles. The summed E-state index contributed by atoms with van der Waals surface area (Å²) in [4.78, 5) is 24.7. The molecule has 0 fully saturated rings. The van der Waals surface area contributed by atoms with Crippen LogP contribution in [0, 0.1) is 0 Å². The summed E-state index contributed by atoms with van der Waals surface area (Å²) in [5, 5.41) is 10.6. The molecule has 1 aliphatic heterocycles. The fraction of sp³-hybridized carbons (Fsp3) is 0.240. The van der Waals surface area contributed by atoms with Crippen LogP contribution in [0.15, 0.2) is 66.8 Å². The standard InChI is InChI=1S/C25H26N4O2/c1-16-11-24(30)22-8-7-19(13-23(16)22)25(31)28-20-6-4-5-18(12-20)17(2)26-9-10-27-21-14-29(3)15-21/h4-10,12-17H,11H2,1-3H3,(H2-,26,27,28,30,31). The van der Waals surface area contributed by atoms with Crippen LogP contribution in [-0.4, -0.2) is 29.5 Å². The van der Waals surface area contributed by atoms with Crippen molar-refractivity contribution < 1.29 is 14.2 Å². The minimum absolute atomic E-state index is 0.0521. The Balaban J connectivity index is 1.37. The zero-order valence-electron chi connectivity index (χ0n) is 17.9. The molecule has 2 unspecified atom stereocenters. The number of Topliss-reactive ketones (excluding diaryl/α,β-unsaturated/α-hetero) is 1. The largest absolute Gasteiger partial charge is 0.683 e. The van der Waals surface area contributed by atoms with Crippen molar-refractivity contribution in [2.45, 2.75) is 32.2 Å². The lowest BCUT2D eigenvalue weighted by Crippen LogP contribution is -2.21. The van der Waals surface area contributed by atoms with Crippen molar-refractivity contribution >= 4 is 23.6 Å². The summed E-state index contributed by atoms with van der Waals surface area (Å²) in [5.41, 5.74) is 5.02. The molecule has 2 aromatic carbocycles. The van der Waals surface area contributed by atoms with Gasteiger partial charge in [-0.25, -0.2) is 4.58 Å². The number of carbonyl (C=O) groups excluding carboxylic acids is 2. The lowest BCUT2D eigenvalue weighted by atomic mass is 10.0. The van der Waals surface area contributed by atoms with E-state index in [0.717, 1.165) is 22.4 Å². The number of allylic oxidation sites excluding steroid dienone is 1. The van der Waals surface area contributed by atoms with Crippen molar-refractivity contribution in [3.05, 3.63) is 94.3 Å². The number of rotatable bonds is 7. The maximum Gasteiger partial charge on any atom is 0.255 e. The van der Waals surface area contributed by atoms with Gasteiger partial charge in [-0.3, -0.25) is 9.59 Å². The highest BCUT2D eigenvalue weighted by Gasteiger charge is 2.26. The normalized spacial score (nSPS) is 18.0. The molecule has 6 nitrogen and oxygen atoms in total. The lowest BCUT2D eigenvalue weighted by Gasteiger charge is -2.26. The number of benzene rings is 2. The molecule has 0 saturated heterocycles. The molecule has 0 aromatic heterocycles. The summed E-state index contributed by atoms with van der Waals surface area (Å²) in [6.45, 7) is 4.02. The zero-order chi connectivity index (χ0) is 22.0. The van der Waals surface area contributed by atoms with Gasteiger partial charge in [-0.15, -0.1) is 0 Å². The smallest absolute Gasteiger partial charge is 0.255 e. The Bertz CT molecular complexity index is 1130. The summed E-state index contributed by atoms with van der Waals surface area (Å²) in [6, 6.07) is 13.0. The van der Waals surface area contributed by atoms with Crippen molar-refractivity contribution in [1.82, 2.24) is 5.32 Å². The van der Waals surface area contributed by atoms with Gasteiger partial charge in [0.2, 0.25) is 0 Å². The van der Waals surface area contributed by atoms with E-state index in [1.54, 1.807) is 24.5 Å². The summed E-state index contributed by atoms with van der Waals surface area (Å²) >= 11 is 0. The monoisotopic (exact) mass is 414 g/mol. The fourth-order valence-corrected chi connectivity index (χ4v) is 3.84. The van der Waals surface area contributed by atoms with Crippen LogP contribution >= 0.6 is 0 Å². The summed E-state index contributed by atoms with van der Waals surface area (Å²) in [7, 11) is 1.97. The zero-order valence-corrected chi connectivity index (χ0v) is 17.9. The molecule has 2 aliphatic rings. The molecule has 31 heavy (non-hydrogen) atoms. The van der Waals surface area contributed by atoms with Crippen LogP contribution in [0.3, 0.4) is 0 Å². The van der Waals surface area contributed by atoms with Crippen LogP contribution in [0.1, 0.15) is 64.1 Å². The van der Waals surface area contributed by atoms with E-state index in [1.165, 1.54) is 0 Å². The Morgan fingerprint density at radius 2 is 2.06 bits per heavy atom. The highest BCUT2D eigenvalue weighted by molar-refractivity contribution is 6.07. The van der Waals surface area contributed by atoms with E-state index in [1.807, 2.05) is 68.2 Å². The van der Waals surface area contributed by atoms with Crippen LogP contribution in [0.5, 0.6) is 0 Å². The van der Waals surface area contributed by atoms with Crippen LogP contribution in [0.4, 0.5) is 5.69 Å². The molecule has 1 aliphatic carbocycles. The third-order valence-electron chi connectivity index (χ3n) is 5.58. The first-order valence-corrected chi connectivity index (χ1v) is 10.4. The maximum atomic E-state index is 12.8. The number of carbonyl (C=O) groups is 2. The molecule has 2 atom stereocenters. The topological polar surface area (TPSA) is 75.3 Å². The Morgan fingerprint density at radius 1 is 1.26 bits per heavy atom. The predicted molar refractivity (Wildman–Crippen MR) is 123 cm³/mol. The van der Waals surface area contributed by atoms with Gasteiger partial charge in [0.25, 0.3) is 5.91 Å². The van der Waals surface area contributed by atoms with E-state index in [-0.39, 0.29) is 23.7 Å². The van der Waals surface area contributed by atoms with Crippen LogP contribution in [-0.2, 0) is 0 Å². The van der Waals surface area contributed by atoms with Gasteiger partial charge in [-0.05, 0) is 41.9 Å². The number of nitrogens with zero attached hydrogens (tertiary/aromatic N) is 2. The Labute approximate surface area is 182 Å². The molecule has 1 amide bonds. The molecule has 0 spiro atoms. The van der Waals surface area contributed by atoms with Gasteiger partial charge in [0, 0.05) is 23.2 Å². The summed E-state index contributed by atoms with van der Waals surface area (Å²) in [6.07, 6.45) is 8.03. The second-order valence-electron chi connectivity index (χ2n) is 8.07. The van der Waals surface area contributed by atoms with Crippen molar-refractivity contribution in [2.24, 2.45) is 0 Å². The summed E-state index contributed by atoms with van der Waals surface area (Å²) < 4.78 is 1.97. The number of fused-ring (bicyclic) bond motifs is 1. The Hall–Kier alpha value is -3.67. The van der Waals surface area contributed by atoms with E-state index in [4.69, 9.17) is 0 Å². The van der Waals surface area contributed by atoms with Crippen molar-refractivity contribution in [2.75, 3.05) is 12.4 Å². The molecule has 158 valence electrons. The van der Waals surface area contributed by atoms with Gasteiger partial charge >= 0.3 is 0 Å². The second-order valence-corrected chi connectivity index (χ2v) is 8.07. The average molecular weight is 415 g/mol. The van der Waals surface area contributed by atoms with Gasteiger partial charge < -0.3 is 16.0 Å². The van der Waals surface area contributed by atoms with E-state index in [9.17, 15) is 9.59 Å². The number of hydrogen-bond acceptors (Lipinski definition) is 3. The van der Waals surface area contributed by atoms with Gasteiger partial charge in [-0.2, -0.15) is 6.20 Å². The lowest BCUT2D eigenvalue weighted by molar-refractivity contribution is -0.429. The van der Waals surface area contributed by atoms with Crippen molar-refractivity contribution in [3.8, 4) is 0 Å². The first-order valence-electron chi connectivity index (χ1n) is 10.4. The van der Waals surface area contributed by atoms with Gasteiger partial charge in [0.05, 0.1) is 0 Å². The van der Waals surface area contributed by atoms with E-state index >= 15 is 0 Å². The van der Waals surface area contributed by atoms with Crippen LogP contribution < -0.4 is 10.6 Å². The molecule has 0 saturated carbocycles. The molecule has 4 rings (SSSR count). The van der Waals surface area contributed by atoms with Crippen LogP contribution in [0.25, 0.3) is 5.32 Å². The van der Waals surface area contributed by atoms with Gasteiger partial charge in [0.15, 0.2) is 23.9 Å². The number of anilines is 1. The number of hydrogen-bond donors (Lipinski definition) is 2. The van der Waals surface area contributed by atoms with Gasteiger partial charge in [0.1, 0.15) is 7.05 Å². The Kier molecular flexibility index (Phi) is 5.71. The minimum Gasteiger partial charge on any atom is -0.683 e. The van der Waals surface area contributed by atoms with Gasteiger partial charge in [-0.1, -0.05) is 43.7 Å². The van der Waals surface area contributed by atoms with E-state index in [2.05, 4.69) is 16.0 Å².